The molecule has 0 saturated heterocycles. The number of aliphatic hydroxyl groups is 1. The van der Waals surface area contributed by atoms with E-state index in [0.717, 1.165) is 22.3 Å². The van der Waals surface area contributed by atoms with Gasteiger partial charge in [-0.1, -0.05) is 91.0 Å². The molecule has 0 saturated carbocycles. The summed E-state index contributed by atoms with van der Waals surface area (Å²) in [5, 5.41) is 44.6. The number of fused-ring (bicyclic) bond motifs is 3. The maximum atomic E-state index is 13.9. The van der Waals surface area contributed by atoms with Crippen LogP contribution >= 0.6 is 0 Å². The first-order valence-corrected chi connectivity index (χ1v) is 22.4. The van der Waals surface area contributed by atoms with Gasteiger partial charge in [0.2, 0.25) is 35.4 Å². The molecule has 0 radical (unpaired) electrons. The number of aliphatic hydroxyl groups excluding tert-OH is 1. The first kappa shape index (κ1) is 52.1. The number of carboxylic acids is 1. The molecule has 20 heteroatoms. The van der Waals surface area contributed by atoms with Crippen LogP contribution < -0.4 is 43.4 Å². The van der Waals surface area contributed by atoms with Gasteiger partial charge in [0.15, 0.2) is 0 Å². The van der Waals surface area contributed by atoms with Gasteiger partial charge in [-0.15, -0.1) is 0 Å². The monoisotopic (exact) mass is 950 g/mol. The summed E-state index contributed by atoms with van der Waals surface area (Å²) in [7, 11) is 0. The number of rotatable bonds is 25. The number of hydrogen-bond donors (Lipinski definition) is 11. The SMILES string of the molecule is C[C@H](NC(=O)[C@H](CCCCN)NC(=O)[C@H](Cc1ccc(O)cc1)NC(=O)[C@H](CC(=O)O)NC(=O)[C@H](CO)NC(=O)[C@H](Cc1ccccc1)NC(=O)OCC1c2ccccc2-c2ccccc21)C(N)=O. The molecule has 366 valence electrons. The number of primary amides is 1. The molecule has 6 atom stereocenters. The highest BCUT2D eigenvalue weighted by molar-refractivity contribution is 5.98. The maximum Gasteiger partial charge on any atom is 0.407 e. The van der Waals surface area contributed by atoms with Crippen molar-refractivity contribution >= 4 is 47.5 Å². The zero-order valence-electron chi connectivity index (χ0n) is 37.9. The Morgan fingerprint density at radius 3 is 1.64 bits per heavy atom. The quantitative estimate of drug-likeness (QED) is 0.0407. The molecular weight excluding hydrogens is 893 g/mol. The molecular formula is C49H58N8O12. The van der Waals surface area contributed by atoms with E-state index in [1.807, 2.05) is 48.5 Å². The maximum absolute atomic E-state index is 13.9. The second kappa shape index (κ2) is 25.3. The third kappa shape index (κ3) is 15.1. The van der Waals surface area contributed by atoms with Crippen LogP contribution in [0.25, 0.3) is 11.1 Å². The summed E-state index contributed by atoms with van der Waals surface area (Å²) in [4.78, 5) is 106. The van der Waals surface area contributed by atoms with Crippen molar-refractivity contribution in [3.8, 4) is 16.9 Å². The molecule has 0 fully saturated rings. The number of nitrogens with one attached hydrogen (secondary N) is 6. The molecule has 7 amide bonds. The number of carbonyl (C=O) groups excluding carboxylic acids is 7. The summed E-state index contributed by atoms with van der Waals surface area (Å²) in [6.45, 7) is 0.537. The van der Waals surface area contributed by atoms with Crippen LogP contribution in [0.1, 0.15) is 60.8 Å². The number of carbonyl (C=O) groups is 8. The predicted molar refractivity (Wildman–Crippen MR) is 251 cm³/mol. The lowest BCUT2D eigenvalue weighted by Crippen LogP contribution is -2.60. The highest BCUT2D eigenvalue weighted by Gasteiger charge is 2.35. The van der Waals surface area contributed by atoms with Crippen LogP contribution in [0.5, 0.6) is 5.75 Å². The lowest BCUT2D eigenvalue weighted by Gasteiger charge is -2.27. The zero-order chi connectivity index (χ0) is 50.0. The van der Waals surface area contributed by atoms with Crippen molar-refractivity contribution in [1.82, 2.24) is 31.9 Å². The van der Waals surface area contributed by atoms with Crippen LogP contribution in [0.3, 0.4) is 0 Å². The van der Waals surface area contributed by atoms with Crippen LogP contribution in [-0.2, 0) is 51.1 Å². The number of amides is 7. The third-order valence-electron chi connectivity index (χ3n) is 11.4. The molecule has 0 spiro atoms. The zero-order valence-corrected chi connectivity index (χ0v) is 37.9. The molecule has 20 nitrogen and oxygen atoms in total. The van der Waals surface area contributed by atoms with Crippen molar-refractivity contribution in [1.29, 1.82) is 0 Å². The lowest BCUT2D eigenvalue weighted by atomic mass is 9.98. The number of ether oxygens (including phenoxy) is 1. The second-order valence-corrected chi connectivity index (χ2v) is 16.5. The summed E-state index contributed by atoms with van der Waals surface area (Å²) in [5.74, 6) is -7.72. The van der Waals surface area contributed by atoms with Gasteiger partial charge in [0.05, 0.1) is 13.0 Å². The number of hydrogen-bond acceptors (Lipinski definition) is 12. The Bertz CT molecular complexity index is 2410. The molecule has 4 aromatic carbocycles. The number of aliphatic carboxylic acids is 1. The summed E-state index contributed by atoms with van der Waals surface area (Å²) in [6.07, 6.45) is -1.37. The molecule has 1 aliphatic rings. The number of phenols is 1. The average molecular weight is 951 g/mol. The van der Waals surface area contributed by atoms with Crippen LogP contribution in [-0.4, -0.2) is 119 Å². The number of benzene rings is 4. The van der Waals surface area contributed by atoms with E-state index in [4.69, 9.17) is 16.2 Å². The topological polar surface area (TPSA) is 331 Å². The van der Waals surface area contributed by atoms with Gasteiger partial charge in [-0.05, 0) is 78.2 Å². The Morgan fingerprint density at radius 2 is 1.07 bits per heavy atom. The fourth-order valence-corrected chi connectivity index (χ4v) is 7.73. The summed E-state index contributed by atoms with van der Waals surface area (Å²) >= 11 is 0. The normalized spacial score (nSPS) is 14.2. The van der Waals surface area contributed by atoms with E-state index in [2.05, 4.69) is 31.9 Å². The fraction of sp³-hybridized carbons (Fsp3) is 0.347. The molecule has 0 unspecified atom stereocenters. The first-order chi connectivity index (χ1) is 33.1. The van der Waals surface area contributed by atoms with Crippen molar-refractivity contribution in [2.45, 2.75) is 87.6 Å². The Balaban J connectivity index is 1.30. The summed E-state index contributed by atoms with van der Waals surface area (Å²) in [6, 6.07) is 20.8. The van der Waals surface area contributed by atoms with Crippen molar-refractivity contribution in [3.05, 3.63) is 125 Å². The van der Waals surface area contributed by atoms with E-state index in [9.17, 15) is 53.7 Å². The van der Waals surface area contributed by atoms with Crippen molar-refractivity contribution in [2.24, 2.45) is 11.5 Å². The number of nitrogens with two attached hydrogens (primary N) is 2. The van der Waals surface area contributed by atoms with Gasteiger partial charge in [0, 0.05) is 18.8 Å². The van der Waals surface area contributed by atoms with Gasteiger partial charge < -0.3 is 63.4 Å². The van der Waals surface area contributed by atoms with Crippen LogP contribution in [0, 0.1) is 0 Å². The molecule has 0 aromatic heterocycles. The van der Waals surface area contributed by atoms with Gasteiger partial charge in [0.1, 0.15) is 48.6 Å². The van der Waals surface area contributed by atoms with E-state index in [1.165, 1.54) is 31.2 Å². The van der Waals surface area contributed by atoms with Gasteiger partial charge in [-0.25, -0.2) is 4.79 Å². The van der Waals surface area contributed by atoms with Crippen molar-refractivity contribution in [2.75, 3.05) is 19.8 Å². The van der Waals surface area contributed by atoms with Crippen molar-refractivity contribution in [3.63, 3.8) is 0 Å². The summed E-state index contributed by atoms with van der Waals surface area (Å²) < 4.78 is 5.68. The lowest BCUT2D eigenvalue weighted by molar-refractivity contribution is -0.141. The smallest absolute Gasteiger partial charge is 0.407 e. The number of aromatic hydroxyl groups is 1. The van der Waals surface area contributed by atoms with Crippen molar-refractivity contribution < 1.29 is 58.4 Å². The Morgan fingerprint density at radius 1 is 0.594 bits per heavy atom. The standard InChI is InChI=1S/C49H58N8O12/c1-28(43(51)62)52-44(63)37(17-9-10-22-50)53-45(64)38(24-30-18-20-31(59)21-19-30)54-47(66)40(25-42(60)61)55-48(67)41(26-58)56-46(65)39(23-29-11-3-2-4-12-29)57-49(68)69-27-36-34-15-7-5-13-32(34)33-14-6-8-16-35(33)36/h2-8,11-16,18-21,28,36-41,58-59H,9-10,17,22-27,50H2,1H3,(H2,51,62)(H,52,63)(H,53,64)(H,54,66)(H,55,67)(H,56,65)(H,57,68)(H,60,61)/t28-,37-,38-,39-,40-,41-/m0/s1. The minimum absolute atomic E-state index is 0.0629. The minimum Gasteiger partial charge on any atom is -0.508 e. The molecule has 1 aliphatic carbocycles. The Labute approximate surface area is 397 Å². The Kier molecular flexibility index (Phi) is 19.1. The molecule has 69 heavy (non-hydrogen) atoms. The first-order valence-electron chi connectivity index (χ1n) is 22.4. The van der Waals surface area contributed by atoms with Crippen LogP contribution in [0.4, 0.5) is 4.79 Å². The fourth-order valence-electron chi connectivity index (χ4n) is 7.73. The predicted octanol–water partition coefficient (Wildman–Crippen LogP) is 0.610. The molecule has 0 heterocycles. The molecule has 5 rings (SSSR count). The average Bonchev–Trinajstić information content (AvgIpc) is 3.65. The van der Waals surface area contributed by atoms with Crippen LogP contribution in [0.2, 0.25) is 0 Å². The van der Waals surface area contributed by atoms with Gasteiger partial charge in [-0.2, -0.15) is 0 Å². The number of carboxylic acid groups (broad SMARTS) is 1. The van der Waals surface area contributed by atoms with E-state index in [-0.39, 0.29) is 44.1 Å². The molecule has 4 aromatic rings. The Hall–Kier alpha value is -7.84. The molecule has 0 aliphatic heterocycles. The van der Waals surface area contributed by atoms with E-state index in [0.29, 0.717) is 24.0 Å². The second-order valence-electron chi connectivity index (χ2n) is 16.5. The number of unbranched alkanes of at least 4 members (excludes halogenated alkanes) is 1. The van der Waals surface area contributed by atoms with Crippen LogP contribution in [0.15, 0.2) is 103 Å². The van der Waals surface area contributed by atoms with E-state index in [1.54, 1.807) is 30.3 Å². The highest BCUT2D eigenvalue weighted by atomic mass is 16.5. The van der Waals surface area contributed by atoms with Gasteiger partial charge in [-0.3, -0.25) is 33.6 Å². The largest absolute Gasteiger partial charge is 0.508 e. The third-order valence-corrected chi connectivity index (χ3v) is 11.4. The minimum atomic E-state index is -1.89. The highest BCUT2D eigenvalue weighted by Crippen LogP contribution is 2.44. The molecule has 13 N–H and O–H groups in total. The molecule has 0 bridgehead atoms. The number of phenolic OH excluding ortho intramolecular Hbond substituents is 1. The van der Waals surface area contributed by atoms with Gasteiger partial charge >= 0.3 is 12.1 Å². The summed E-state index contributed by atoms with van der Waals surface area (Å²) in [5.41, 5.74) is 15.9. The van der Waals surface area contributed by atoms with E-state index < -0.39 is 96.8 Å². The van der Waals surface area contributed by atoms with E-state index >= 15 is 0 Å². The number of alkyl carbamates (subject to hydrolysis) is 1. The van der Waals surface area contributed by atoms with Gasteiger partial charge in [0.25, 0.3) is 0 Å².